The van der Waals surface area contributed by atoms with Crippen molar-refractivity contribution in [3.8, 4) is 0 Å². The molecule has 0 amide bonds. The van der Waals surface area contributed by atoms with Gasteiger partial charge in [0.1, 0.15) is 11.7 Å². The maximum Gasteiger partial charge on any atom is 0.264 e. The van der Waals surface area contributed by atoms with Crippen LogP contribution in [0.25, 0.3) is 27.1 Å². The van der Waals surface area contributed by atoms with E-state index in [1.165, 1.54) is 48.5 Å². The van der Waals surface area contributed by atoms with Crippen molar-refractivity contribution in [3.63, 3.8) is 0 Å². The van der Waals surface area contributed by atoms with Gasteiger partial charge in [-0.25, -0.2) is 0 Å². The Labute approximate surface area is 199 Å². The van der Waals surface area contributed by atoms with Crippen LogP contribution < -0.4 is 9.47 Å². The summed E-state index contributed by atoms with van der Waals surface area (Å²) in [6.45, 7) is 2.42. The zero-order chi connectivity index (χ0) is 22.6. The minimum Gasteiger partial charge on any atom is -0.347 e. The van der Waals surface area contributed by atoms with Gasteiger partial charge in [-0.3, -0.25) is 0 Å². The van der Waals surface area contributed by atoms with Crippen LogP contribution >= 0.6 is 11.3 Å². The molecule has 3 heteroatoms. The van der Waals surface area contributed by atoms with E-state index in [1.807, 2.05) is 11.3 Å². The average molecular weight is 448 g/mol. The lowest BCUT2D eigenvalue weighted by molar-refractivity contribution is -0.642. The molecule has 0 saturated carbocycles. The highest BCUT2D eigenvalue weighted by Gasteiger charge is 2.44. The van der Waals surface area contributed by atoms with Gasteiger partial charge in [0.05, 0.1) is 0 Å². The van der Waals surface area contributed by atoms with Crippen molar-refractivity contribution in [2.24, 2.45) is 7.05 Å². The van der Waals surface area contributed by atoms with Gasteiger partial charge in [-0.1, -0.05) is 84.1 Å². The molecule has 2 heterocycles. The Balaban J connectivity index is 1.61. The first-order chi connectivity index (χ1) is 16.1. The number of likely N-dealkylation sites (N-methyl/N-ethyl adjacent to an activating group) is 1. The maximum atomic E-state index is 2.42. The standard InChI is InChI=1S/C30H27N2S/c1-30(20-21-11-5-4-6-12-21)27(19-28-32(3)24-15-9-10-16-26(24)33-28)31(2)25-18-17-22-13-7-8-14-23(22)29(25)30/h4-19H,20H2,1-3H3/q+1. The number of benzene rings is 4. The van der Waals surface area contributed by atoms with Gasteiger partial charge in [0.15, 0.2) is 0 Å². The molecule has 0 fully saturated rings. The summed E-state index contributed by atoms with van der Waals surface area (Å²) in [6, 6.07) is 32.9. The van der Waals surface area contributed by atoms with Crippen molar-refractivity contribution >= 4 is 44.1 Å². The SMILES string of the molecule is CN1/C(=C/c2sc3ccccc3[n+]2C)C(C)(Cc2ccccc2)c2c1ccc1ccccc21. The van der Waals surface area contributed by atoms with Gasteiger partial charge in [-0.15, -0.1) is 0 Å². The van der Waals surface area contributed by atoms with Gasteiger partial charge in [0, 0.05) is 36.0 Å². The van der Waals surface area contributed by atoms with Crippen LogP contribution in [0.3, 0.4) is 0 Å². The molecular weight excluding hydrogens is 420 g/mol. The third-order valence-corrected chi connectivity index (χ3v) is 8.35. The Morgan fingerprint density at radius 3 is 2.42 bits per heavy atom. The van der Waals surface area contributed by atoms with E-state index in [9.17, 15) is 0 Å². The lowest BCUT2D eigenvalue weighted by Gasteiger charge is -2.29. The maximum absolute atomic E-state index is 2.42. The van der Waals surface area contributed by atoms with Gasteiger partial charge >= 0.3 is 0 Å². The number of para-hydroxylation sites is 1. The van der Waals surface area contributed by atoms with Crippen molar-refractivity contribution in [1.29, 1.82) is 0 Å². The second-order valence-electron chi connectivity index (χ2n) is 9.23. The van der Waals surface area contributed by atoms with Gasteiger partial charge in [-0.2, -0.15) is 4.57 Å². The van der Waals surface area contributed by atoms with E-state index in [-0.39, 0.29) is 5.41 Å². The molecule has 0 bridgehead atoms. The van der Waals surface area contributed by atoms with Crippen LogP contribution in [0.15, 0.2) is 96.7 Å². The monoisotopic (exact) mass is 447 g/mol. The Bertz CT molecular complexity index is 1530. The molecule has 0 radical (unpaired) electrons. The molecule has 1 aliphatic rings. The van der Waals surface area contributed by atoms with Gasteiger partial charge < -0.3 is 4.90 Å². The summed E-state index contributed by atoms with van der Waals surface area (Å²) in [5.74, 6) is 0. The number of fused-ring (bicyclic) bond motifs is 4. The Morgan fingerprint density at radius 2 is 1.61 bits per heavy atom. The smallest absolute Gasteiger partial charge is 0.264 e. The van der Waals surface area contributed by atoms with Crippen molar-refractivity contribution < 1.29 is 4.57 Å². The second kappa shape index (κ2) is 7.57. The quantitative estimate of drug-likeness (QED) is 0.274. The largest absolute Gasteiger partial charge is 0.347 e. The van der Waals surface area contributed by atoms with E-state index >= 15 is 0 Å². The Morgan fingerprint density at radius 1 is 0.879 bits per heavy atom. The molecule has 2 nitrogen and oxygen atoms in total. The van der Waals surface area contributed by atoms with Crippen LogP contribution in [-0.2, 0) is 18.9 Å². The molecule has 0 N–H and O–H groups in total. The fraction of sp³-hybridized carbons (Fsp3) is 0.167. The summed E-state index contributed by atoms with van der Waals surface area (Å²) in [4.78, 5) is 2.41. The first-order valence-corrected chi connectivity index (χ1v) is 12.3. The number of hydrogen-bond donors (Lipinski definition) is 0. The average Bonchev–Trinajstić information content (AvgIpc) is 3.27. The van der Waals surface area contributed by atoms with Crippen LogP contribution in [-0.4, -0.2) is 7.05 Å². The zero-order valence-electron chi connectivity index (χ0n) is 19.2. The van der Waals surface area contributed by atoms with E-state index in [1.54, 1.807) is 0 Å². The lowest BCUT2D eigenvalue weighted by Crippen LogP contribution is -2.32. The predicted molar refractivity (Wildman–Crippen MR) is 141 cm³/mol. The van der Waals surface area contributed by atoms with Crippen LogP contribution in [0.4, 0.5) is 5.69 Å². The molecule has 1 aliphatic heterocycles. The van der Waals surface area contributed by atoms with Crippen molar-refractivity contribution in [3.05, 3.63) is 113 Å². The van der Waals surface area contributed by atoms with Crippen LogP contribution in [0.2, 0.25) is 0 Å². The molecule has 1 unspecified atom stereocenters. The molecule has 5 aromatic rings. The molecule has 6 rings (SSSR count). The fourth-order valence-electron chi connectivity index (χ4n) is 5.55. The number of aromatic nitrogens is 1. The number of allylic oxidation sites excluding steroid dienone is 1. The molecule has 1 atom stereocenters. The minimum atomic E-state index is -0.143. The van der Waals surface area contributed by atoms with Gasteiger partial charge in [-0.05, 0) is 47.4 Å². The summed E-state index contributed by atoms with van der Waals surface area (Å²) in [6.07, 6.45) is 3.38. The molecule has 0 saturated heterocycles. The first kappa shape index (κ1) is 20.2. The normalized spacial score (nSPS) is 19.0. The van der Waals surface area contributed by atoms with Crippen LogP contribution in [0, 0.1) is 0 Å². The summed E-state index contributed by atoms with van der Waals surface area (Å²) in [7, 11) is 4.40. The van der Waals surface area contributed by atoms with Crippen LogP contribution in [0.1, 0.15) is 23.1 Å². The van der Waals surface area contributed by atoms with Gasteiger partial charge in [0.2, 0.25) is 5.52 Å². The molecule has 4 aromatic carbocycles. The number of thiazole rings is 1. The predicted octanol–water partition coefficient (Wildman–Crippen LogP) is 6.87. The molecule has 33 heavy (non-hydrogen) atoms. The van der Waals surface area contributed by atoms with E-state index < -0.39 is 0 Å². The Kier molecular flexibility index (Phi) is 4.63. The van der Waals surface area contributed by atoms with Crippen molar-refractivity contribution in [2.45, 2.75) is 18.8 Å². The molecule has 0 spiro atoms. The first-order valence-electron chi connectivity index (χ1n) is 11.5. The number of rotatable bonds is 3. The second-order valence-corrected chi connectivity index (χ2v) is 10.3. The topological polar surface area (TPSA) is 7.12 Å². The summed E-state index contributed by atoms with van der Waals surface area (Å²) >= 11 is 1.86. The van der Waals surface area contributed by atoms with E-state index in [4.69, 9.17) is 0 Å². The third-order valence-electron chi connectivity index (χ3n) is 7.18. The Hall–Kier alpha value is -3.43. The third kappa shape index (κ3) is 3.11. The molecule has 1 aromatic heterocycles. The van der Waals surface area contributed by atoms with E-state index in [0.717, 1.165) is 6.42 Å². The highest BCUT2D eigenvalue weighted by molar-refractivity contribution is 7.18. The highest BCUT2D eigenvalue weighted by Crippen LogP contribution is 2.52. The fourth-order valence-corrected chi connectivity index (χ4v) is 6.64. The lowest BCUT2D eigenvalue weighted by atomic mass is 9.74. The van der Waals surface area contributed by atoms with E-state index in [0.29, 0.717) is 0 Å². The number of nitrogens with zero attached hydrogens (tertiary/aromatic N) is 2. The summed E-state index contributed by atoms with van der Waals surface area (Å²) in [5, 5.41) is 3.93. The van der Waals surface area contributed by atoms with Crippen LogP contribution in [0.5, 0.6) is 0 Å². The number of aryl methyl sites for hydroxylation is 1. The zero-order valence-corrected chi connectivity index (χ0v) is 20.1. The van der Waals surface area contributed by atoms with Gasteiger partial charge in [0.25, 0.3) is 5.01 Å². The number of hydrogen-bond acceptors (Lipinski definition) is 2. The summed E-state index contributed by atoms with van der Waals surface area (Å²) in [5.41, 5.74) is 6.59. The molecular formula is C30H27N2S+. The van der Waals surface area contributed by atoms with E-state index in [2.05, 4.69) is 128 Å². The molecule has 0 aliphatic carbocycles. The summed E-state index contributed by atoms with van der Waals surface area (Å²) < 4.78 is 3.64. The van der Waals surface area contributed by atoms with Crippen molar-refractivity contribution in [2.75, 3.05) is 11.9 Å². The minimum absolute atomic E-state index is 0.143. The highest BCUT2D eigenvalue weighted by atomic mass is 32.1. The number of anilines is 1. The molecule has 162 valence electrons. The van der Waals surface area contributed by atoms with Crippen molar-refractivity contribution in [1.82, 2.24) is 0 Å².